The van der Waals surface area contributed by atoms with Gasteiger partial charge < -0.3 is 15.7 Å². The van der Waals surface area contributed by atoms with Crippen molar-refractivity contribution in [2.75, 3.05) is 11.6 Å². The number of amides is 2. The second-order valence-electron chi connectivity index (χ2n) is 4.36. The molecule has 0 fully saturated rings. The molecule has 1 aromatic rings. The van der Waals surface area contributed by atoms with Crippen LogP contribution in [0.4, 0.5) is 10.5 Å². The number of thioether (sulfide) groups is 1. The Morgan fingerprint density at radius 3 is 2.42 bits per heavy atom. The van der Waals surface area contributed by atoms with Crippen molar-refractivity contribution in [2.45, 2.75) is 24.8 Å². The molecule has 2 amide bonds. The molecule has 104 valence electrons. The highest BCUT2D eigenvalue weighted by Crippen LogP contribution is 2.24. The Hall–Kier alpha value is -1.69. The van der Waals surface area contributed by atoms with Crippen LogP contribution < -0.4 is 10.6 Å². The third kappa shape index (κ3) is 4.48. The van der Waals surface area contributed by atoms with E-state index in [-0.39, 0.29) is 5.92 Å². The monoisotopic (exact) mass is 282 g/mol. The van der Waals surface area contributed by atoms with Crippen molar-refractivity contribution in [3.8, 4) is 0 Å². The fourth-order valence-electron chi connectivity index (χ4n) is 1.56. The van der Waals surface area contributed by atoms with Gasteiger partial charge in [0.1, 0.15) is 6.04 Å². The third-order valence-corrected chi connectivity index (χ3v) is 3.37. The minimum absolute atomic E-state index is 0.181. The van der Waals surface area contributed by atoms with Crippen LogP contribution in [0.3, 0.4) is 0 Å². The molecule has 0 saturated heterocycles. The van der Waals surface area contributed by atoms with Crippen LogP contribution in [-0.2, 0) is 4.79 Å². The summed E-state index contributed by atoms with van der Waals surface area (Å²) >= 11 is 1.51. The average molecular weight is 282 g/mol. The summed E-state index contributed by atoms with van der Waals surface area (Å²) in [6, 6.07) is 5.94. The van der Waals surface area contributed by atoms with Gasteiger partial charge in [0.15, 0.2) is 0 Å². The number of aliphatic carboxylic acids is 1. The third-order valence-electron chi connectivity index (χ3n) is 2.57. The molecular formula is C13H18N2O3S. The van der Waals surface area contributed by atoms with Crippen LogP contribution in [0.15, 0.2) is 29.2 Å². The van der Waals surface area contributed by atoms with Crippen LogP contribution in [0.1, 0.15) is 13.8 Å². The van der Waals surface area contributed by atoms with Gasteiger partial charge in [0.2, 0.25) is 0 Å². The zero-order valence-corrected chi connectivity index (χ0v) is 12.0. The zero-order chi connectivity index (χ0) is 14.4. The molecule has 0 saturated carbocycles. The molecule has 1 aromatic carbocycles. The number of nitrogens with one attached hydrogen (secondary N) is 2. The summed E-state index contributed by atoms with van der Waals surface area (Å²) in [4.78, 5) is 23.7. The van der Waals surface area contributed by atoms with Crippen LogP contribution in [0.5, 0.6) is 0 Å². The normalized spacial score (nSPS) is 12.0. The van der Waals surface area contributed by atoms with Crippen molar-refractivity contribution in [3.63, 3.8) is 0 Å². The van der Waals surface area contributed by atoms with Gasteiger partial charge in [-0.3, -0.25) is 0 Å². The molecule has 1 rings (SSSR count). The Morgan fingerprint density at radius 1 is 1.26 bits per heavy atom. The summed E-state index contributed by atoms with van der Waals surface area (Å²) in [5.41, 5.74) is 0.667. The van der Waals surface area contributed by atoms with Crippen LogP contribution in [0, 0.1) is 5.92 Å². The predicted molar refractivity (Wildman–Crippen MR) is 76.6 cm³/mol. The molecule has 1 atom stereocenters. The lowest BCUT2D eigenvalue weighted by Crippen LogP contribution is -2.46. The summed E-state index contributed by atoms with van der Waals surface area (Å²) in [5.74, 6) is -1.22. The van der Waals surface area contributed by atoms with Gasteiger partial charge in [0.25, 0.3) is 0 Å². The summed E-state index contributed by atoms with van der Waals surface area (Å²) in [6.07, 6.45) is 1.91. The van der Waals surface area contributed by atoms with E-state index in [1.54, 1.807) is 19.9 Å². The SMILES string of the molecule is CSc1ccccc1NC(=O)NC(C(=O)O)C(C)C. The minimum atomic E-state index is -1.04. The molecular weight excluding hydrogens is 264 g/mol. The largest absolute Gasteiger partial charge is 0.480 e. The molecule has 3 N–H and O–H groups in total. The van der Waals surface area contributed by atoms with Gasteiger partial charge in [-0.25, -0.2) is 9.59 Å². The van der Waals surface area contributed by atoms with Crippen LogP contribution >= 0.6 is 11.8 Å². The first kappa shape index (κ1) is 15.4. The molecule has 5 nitrogen and oxygen atoms in total. The first-order chi connectivity index (χ1) is 8.95. The molecule has 1 unspecified atom stereocenters. The molecule has 0 bridgehead atoms. The molecule has 0 aliphatic heterocycles. The summed E-state index contributed by atoms with van der Waals surface area (Å²) < 4.78 is 0. The van der Waals surface area contributed by atoms with Gasteiger partial charge >= 0.3 is 12.0 Å². The number of hydrogen-bond acceptors (Lipinski definition) is 3. The van der Waals surface area contributed by atoms with Gasteiger partial charge in [-0.2, -0.15) is 0 Å². The Balaban J connectivity index is 2.72. The first-order valence-electron chi connectivity index (χ1n) is 5.89. The fourth-order valence-corrected chi connectivity index (χ4v) is 2.11. The van der Waals surface area contributed by atoms with E-state index in [9.17, 15) is 9.59 Å². The second-order valence-corrected chi connectivity index (χ2v) is 5.21. The highest BCUT2D eigenvalue weighted by atomic mass is 32.2. The number of urea groups is 1. The van der Waals surface area contributed by atoms with E-state index in [4.69, 9.17) is 5.11 Å². The molecule has 0 spiro atoms. The molecule has 6 heteroatoms. The van der Waals surface area contributed by atoms with Gasteiger partial charge in [-0.1, -0.05) is 26.0 Å². The smallest absolute Gasteiger partial charge is 0.326 e. The number of para-hydroxylation sites is 1. The van der Waals surface area contributed by atoms with Crippen LogP contribution in [-0.4, -0.2) is 29.4 Å². The Labute approximate surface area is 116 Å². The second kappa shape index (κ2) is 7.04. The lowest BCUT2D eigenvalue weighted by molar-refractivity contribution is -0.140. The quantitative estimate of drug-likeness (QED) is 0.725. The Bertz CT molecular complexity index is 463. The zero-order valence-electron chi connectivity index (χ0n) is 11.1. The van der Waals surface area contributed by atoms with Crippen molar-refractivity contribution >= 4 is 29.4 Å². The van der Waals surface area contributed by atoms with Crippen LogP contribution in [0.2, 0.25) is 0 Å². The van der Waals surface area contributed by atoms with Gasteiger partial charge in [0, 0.05) is 4.90 Å². The number of hydrogen-bond donors (Lipinski definition) is 3. The van der Waals surface area contributed by atoms with E-state index in [1.165, 1.54) is 11.8 Å². The number of carbonyl (C=O) groups excluding carboxylic acids is 1. The van der Waals surface area contributed by atoms with Crippen molar-refractivity contribution in [1.29, 1.82) is 0 Å². The number of rotatable bonds is 5. The Kier molecular flexibility index (Phi) is 5.69. The van der Waals surface area contributed by atoms with E-state index in [2.05, 4.69) is 10.6 Å². The molecule has 0 aliphatic rings. The van der Waals surface area contributed by atoms with Crippen molar-refractivity contribution < 1.29 is 14.7 Å². The van der Waals surface area contributed by atoms with E-state index in [0.29, 0.717) is 5.69 Å². The molecule has 0 aliphatic carbocycles. The molecule has 19 heavy (non-hydrogen) atoms. The maximum Gasteiger partial charge on any atom is 0.326 e. The lowest BCUT2D eigenvalue weighted by Gasteiger charge is -2.18. The highest BCUT2D eigenvalue weighted by Gasteiger charge is 2.23. The lowest BCUT2D eigenvalue weighted by atomic mass is 10.1. The minimum Gasteiger partial charge on any atom is -0.480 e. The molecule has 0 heterocycles. The number of carbonyl (C=O) groups is 2. The van der Waals surface area contributed by atoms with Crippen molar-refractivity contribution in [3.05, 3.63) is 24.3 Å². The molecule has 0 aromatic heterocycles. The van der Waals surface area contributed by atoms with Gasteiger partial charge in [-0.05, 0) is 24.3 Å². The van der Waals surface area contributed by atoms with Crippen LogP contribution in [0.25, 0.3) is 0 Å². The Morgan fingerprint density at radius 2 is 1.89 bits per heavy atom. The van der Waals surface area contributed by atoms with E-state index < -0.39 is 18.0 Å². The summed E-state index contributed by atoms with van der Waals surface area (Å²) in [5, 5.41) is 14.1. The topological polar surface area (TPSA) is 78.4 Å². The fraction of sp³-hybridized carbons (Fsp3) is 0.385. The highest BCUT2D eigenvalue weighted by molar-refractivity contribution is 7.98. The summed E-state index contributed by atoms with van der Waals surface area (Å²) in [7, 11) is 0. The molecule has 0 radical (unpaired) electrons. The number of carboxylic acids is 1. The standard InChI is InChI=1S/C13H18N2O3S/c1-8(2)11(12(16)17)15-13(18)14-9-6-4-5-7-10(9)19-3/h4-8,11H,1-3H3,(H,16,17)(H2,14,15,18). The van der Waals surface area contributed by atoms with Gasteiger partial charge in [-0.15, -0.1) is 11.8 Å². The summed E-state index contributed by atoms with van der Waals surface area (Å²) in [6.45, 7) is 3.49. The average Bonchev–Trinajstić information content (AvgIpc) is 2.36. The van der Waals surface area contributed by atoms with E-state index in [0.717, 1.165) is 4.90 Å². The van der Waals surface area contributed by atoms with Crippen molar-refractivity contribution in [2.24, 2.45) is 5.92 Å². The maximum atomic E-state index is 11.8. The van der Waals surface area contributed by atoms with Gasteiger partial charge in [0.05, 0.1) is 5.69 Å². The first-order valence-corrected chi connectivity index (χ1v) is 7.11. The number of anilines is 1. The predicted octanol–water partition coefficient (Wildman–Crippen LogP) is 2.64. The van der Waals surface area contributed by atoms with E-state index >= 15 is 0 Å². The van der Waals surface area contributed by atoms with E-state index in [1.807, 2.05) is 24.5 Å². The van der Waals surface area contributed by atoms with Crippen molar-refractivity contribution in [1.82, 2.24) is 5.32 Å². The maximum absolute atomic E-state index is 11.8. The number of benzene rings is 1. The number of carboxylic acid groups (broad SMARTS) is 1.